The number of thiazole rings is 1. The van der Waals surface area contributed by atoms with E-state index in [9.17, 15) is 31.1 Å². The topological polar surface area (TPSA) is 42.0 Å². The van der Waals surface area contributed by atoms with E-state index in [0.29, 0.717) is 16.9 Å². The van der Waals surface area contributed by atoms with Crippen molar-refractivity contribution < 1.29 is 31.1 Å². The monoisotopic (exact) mass is 444 g/mol. The number of amides is 1. The van der Waals surface area contributed by atoms with E-state index in [1.165, 1.54) is 6.92 Å². The number of rotatable bonds is 3. The summed E-state index contributed by atoms with van der Waals surface area (Å²) in [6, 6.07) is 9.12. The Labute approximate surface area is 171 Å². The Kier molecular flexibility index (Phi) is 5.64. The lowest BCUT2D eigenvalue weighted by atomic mass is 9.99. The lowest BCUT2D eigenvalue weighted by molar-refractivity contribution is -0.141. The highest BCUT2D eigenvalue weighted by Crippen LogP contribution is 2.38. The largest absolute Gasteiger partial charge is 0.435 e. The van der Waals surface area contributed by atoms with Crippen LogP contribution in [0.3, 0.4) is 0 Å². The summed E-state index contributed by atoms with van der Waals surface area (Å²) in [5, 5.41) is 2.35. The normalized spacial score (nSPS) is 12.1. The number of benzene rings is 2. The third-order valence-electron chi connectivity index (χ3n) is 4.17. The van der Waals surface area contributed by atoms with Gasteiger partial charge in [-0.05, 0) is 37.6 Å². The average Bonchev–Trinajstić information content (AvgIpc) is 3.04. The predicted molar refractivity (Wildman–Crippen MR) is 101 cm³/mol. The van der Waals surface area contributed by atoms with E-state index in [0.717, 1.165) is 23.8 Å². The summed E-state index contributed by atoms with van der Waals surface area (Å²) in [4.78, 5) is 15.3. The second-order valence-corrected chi connectivity index (χ2v) is 7.69. The second-order valence-electron chi connectivity index (χ2n) is 6.49. The molecule has 0 aliphatic rings. The molecule has 0 unspecified atom stereocenters. The molecule has 0 spiro atoms. The quantitative estimate of drug-likeness (QED) is 0.456. The highest BCUT2D eigenvalue weighted by molar-refractivity contribution is 7.13. The summed E-state index contributed by atoms with van der Waals surface area (Å²) < 4.78 is 79.0. The van der Waals surface area contributed by atoms with Crippen LogP contribution in [0.2, 0.25) is 0 Å². The van der Waals surface area contributed by atoms with Crippen molar-refractivity contribution in [3.63, 3.8) is 0 Å². The van der Waals surface area contributed by atoms with Gasteiger partial charge in [-0.1, -0.05) is 29.8 Å². The molecule has 0 atom stereocenters. The van der Waals surface area contributed by atoms with Crippen LogP contribution in [0.15, 0.2) is 42.5 Å². The smallest absolute Gasteiger partial charge is 0.321 e. The zero-order chi connectivity index (χ0) is 22.3. The molecule has 2 aromatic carbocycles. The molecule has 0 bridgehead atoms. The van der Waals surface area contributed by atoms with Gasteiger partial charge >= 0.3 is 12.4 Å². The van der Waals surface area contributed by atoms with Gasteiger partial charge in [-0.2, -0.15) is 26.3 Å². The number of aryl methyl sites for hydroxylation is 2. The lowest BCUT2D eigenvalue weighted by Crippen LogP contribution is -2.18. The average molecular weight is 444 g/mol. The van der Waals surface area contributed by atoms with Crippen LogP contribution in [0.4, 0.5) is 32.0 Å². The number of aromatic nitrogens is 1. The molecule has 3 aromatic rings. The number of carbonyl (C=O) groups excluding carboxylic acids is 1. The summed E-state index contributed by atoms with van der Waals surface area (Å²) in [7, 11) is 0. The van der Waals surface area contributed by atoms with Gasteiger partial charge in [-0.25, -0.2) is 4.98 Å². The molecule has 30 heavy (non-hydrogen) atoms. The molecule has 0 aliphatic heterocycles. The number of hydrogen-bond acceptors (Lipinski definition) is 3. The first-order valence-electron chi connectivity index (χ1n) is 8.50. The molecule has 3 rings (SSSR count). The minimum absolute atomic E-state index is 0.0352. The fourth-order valence-electron chi connectivity index (χ4n) is 2.75. The van der Waals surface area contributed by atoms with Crippen LogP contribution >= 0.6 is 11.3 Å². The van der Waals surface area contributed by atoms with Gasteiger partial charge < -0.3 is 5.32 Å². The molecular formula is C20H14F6N2OS. The Hall–Kier alpha value is -2.88. The van der Waals surface area contributed by atoms with Gasteiger partial charge in [-0.3, -0.25) is 4.79 Å². The van der Waals surface area contributed by atoms with Gasteiger partial charge in [0, 0.05) is 11.3 Å². The maximum atomic E-state index is 13.2. The lowest BCUT2D eigenvalue weighted by Gasteiger charge is -2.15. The van der Waals surface area contributed by atoms with Crippen molar-refractivity contribution >= 4 is 22.9 Å². The third-order valence-corrected chi connectivity index (χ3v) is 5.14. The fraction of sp³-hybridized carbons (Fsp3) is 0.200. The van der Waals surface area contributed by atoms with E-state index >= 15 is 0 Å². The van der Waals surface area contributed by atoms with E-state index < -0.39 is 34.4 Å². The van der Waals surface area contributed by atoms with Gasteiger partial charge in [0.1, 0.15) is 4.88 Å². The van der Waals surface area contributed by atoms with Crippen molar-refractivity contribution in [3.05, 3.63) is 69.2 Å². The Bertz CT molecular complexity index is 1080. The molecular weight excluding hydrogens is 430 g/mol. The highest BCUT2D eigenvalue weighted by Gasteiger charge is 2.39. The summed E-state index contributed by atoms with van der Waals surface area (Å²) in [5.41, 5.74) is -1.04. The van der Waals surface area contributed by atoms with Crippen LogP contribution in [0.25, 0.3) is 11.1 Å². The molecule has 10 heteroatoms. The SMILES string of the molecule is Cc1ccc(-c2cc(C(F)(F)F)ccc2NC(=O)c2sc(C)nc2C(F)(F)F)cc1. The molecule has 1 heterocycles. The van der Waals surface area contributed by atoms with Gasteiger partial charge in [0.25, 0.3) is 5.91 Å². The Morgan fingerprint density at radius 3 is 2.13 bits per heavy atom. The number of halogens is 6. The molecule has 3 nitrogen and oxygen atoms in total. The van der Waals surface area contributed by atoms with Crippen LogP contribution in [0.1, 0.15) is 31.5 Å². The summed E-state index contributed by atoms with van der Waals surface area (Å²) >= 11 is 0.556. The molecule has 0 saturated heterocycles. The number of anilines is 1. The van der Waals surface area contributed by atoms with E-state index in [4.69, 9.17) is 0 Å². The molecule has 1 N–H and O–H groups in total. The second kappa shape index (κ2) is 7.75. The third kappa shape index (κ3) is 4.64. The Morgan fingerprint density at radius 2 is 1.57 bits per heavy atom. The zero-order valence-corrected chi connectivity index (χ0v) is 16.4. The van der Waals surface area contributed by atoms with Gasteiger partial charge in [-0.15, -0.1) is 11.3 Å². The van der Waals surface area contributed by atoms with Gasteiger partial charge in [0.15, 0.2) is 5.69 Å². The van der Waals surface area contributed by atoms with E-state index in [-0.39, 0.29) is 16.3 Å². The molecule has 0 saturated carbocycles. The number of alkyl halides is 6. The van der Waals surface area contributed by atoms with Crippen molar-refractivity contribution in [1.29, 1.82) is 0 Å². The van der Waals surface area contributed by atoms with E-state index in [2.05, 4.69) is 10.3 Å². The van der Waals surface area contributed by atoms with Crippen molar-refractivity contribution in [2.24, 2.45) is 0 Å². The van der Waals surface area contributed by atoms with Crippen molar-refractivity contribution in [2.45, 2.75) is 26.2 Å². The summed E-state index contributed by atoms with van der Waals surface area (Å²) in [5.74, 6) is -1.10. The first kappa shape index (κ1) is 21.8. The number of carbonyl (C=O) groups is 1. The zero-order valence-electron chi connectivity index (χ0n) is 15.6. The standard InChI is InChI=1S/C20H14F6N2OS/c1-10-3-5-12(6-4-10)14-9-13(19(21,22)23)7-8-15(14)28-18(29)16-17(20(24,25)26)27-11(2)30-16/h3-9H,1-2H3,(H,28,29). The molecule has 158 valence electrons. The van der Waals surface area contributed by atoms with Crippen molar-refractivity contribution in [1.82, 2.24) is 4.98 Å². The summed E-state index contributed by atoms with van der Waals surface area (Å²) in [6.45, 7) is 3.12. The maximum Gasteiger partial charge on any atom is 0.435 e. The summed E-state index contributed by atoms with van der Waals surface area (Å²) in [6.07, 6.45) is -9.46. The van der Waals surface area contributed by atoms with Crippen LogP contribution in [0.5, 0.6) is 0 Å². The predicted octanol–water partition coefficient (Wildman–Crippen LogP) is 6.72. The molecule has 1 amide bonds. The first-order chi connectivity index (χ1) is 13.9. The number of hydrogen-bond donors (Lipinski definition) is 1. The highest BCUT2D eigenvalue weighted by atomic mass is 32.1. The van der Waals surface area contributed by atoms with Crippen LogP contribution in [0, 0.1) is 13.8 Å². The van der Waals surface area contributed by atoms with E-state index in [1.54, 1.807) is 31.2 Å². The first-order valence-corrected chi connectivity index (χ1v) is 9.32. The van der Waals surface area contributed by atoms with Gasteiger partial charge in [0.2, 0.25) is 0 Å². The Balaban J connectivity index is 2.06. The number of nitrogens with zero attached hydrogens (tertiary/aromatic N) is 1. The van der Waals surface area contributed by atoms with Crippen molar-refractivity contribution in [2.75, 3.05) is 5.32 Å². The van der Waals surface area contributed by atoms with E-state index in [1.807, 2.05) is 0 Å². The maximum absolute atomic E-state index is 13.2. The number of nitrogens with one attached hydrogen (secondary N) is 1. The molecule has 0 radical (unpaired) electrons. The van der Waals surface area contributed by atoms with Crippen LogP contribution in [-0.2, 0) is 12.4 Å². The Morgan fingerprint density at radius 1 is 0.933 bits per heavy atom. The van der Waals surface area contributed by atoms with Gasteiger partial charge in [0.05, 0.1) is 10.6 Å². The molecule has 0 aliphatic carbocycles. The minimum Gasteiger partial charge on any atom is -0.321 e. The van der Waals surface area contributed by atoms with Crippen LogP contribution in [-0.4, -0.2) is 10.9 Å². The van der Waals surface area contributed by atoms with Crippen molar-refractivity contribution in [3.8, 4) is 11.1 Å². The minimum atomic E-state index is -4.84. The molecule has 0 fully saturated rings. The van der Waals surface area contributed by atoms with Crippen LogP contribution < -0.4 is 5.32 Å². The molecule has 1 aromatic heterocycles. The fourth-order valence-corrected chi connectivity index (χ4v) is 3.59.